The monoisotopic (exact) mass is 488 g/mol. The van der Waals surface area contributed by atoms with Gasteiger partial charge in [-0.15, -0.1) is 5.92 Å². The Labute approximate surface area is 213 Å². The van der Waals surface area contributed by atoms with Crippen molar-refractivity contribution >= 4 is 5.97 Å². The third kappa shape index (κ3) is 7.36. The smallest absolute Gasteiger partial charge is 0.304 e. The average molecular weight is 489 g/mol. The predicted octanol–water partition coefficient (Wildman–Crippen LogP) is 7.25. The first-order valence-electron chi connectivity index (χ1n) is 11.9. The highest BCUT2D eigenvalue weighted by Crippen LogP contribution is 2.35. The van der Waals surface area contributed by atoms with E-state index < -0.39 is 5.97 Å². The maximum absolute atomic E-state index is 14.8. The highest BCUT2D eigenvalue weighted by molar-refractivity contribution is 5.71. The summed E-state index contributed by atoms with van der Waals surface area (Å²) in [6.45, 7) is 8.45. The molecule has 0 amide bonds. The van der Waals surface area contributed by atoms with Crippen LogP contribution in [0.5, 0.6) is 11.5 Å². The van der Waals surface area contributed by atoms with Gasteiger partial charge in [0.05, 0.1) is 19.4 Å². The number of aliphatic carboxylic acids is 1. The van der Waals surface area contributed by atoms with Gasteiger partial charge in [0.25, 0.3) is 0 Å². The summed E-state index contributed by atoms with van der Waals surface area (Å²) in [5.41, 5.74) is 4.04. The molecule has 1 N–H and O–H groups in total. The molecule has 5 heteroatoms. The van der Waals surface area contributed by atoms with Crippen LogP contribution in [0.2, 0.25) is 0 Å². The maximum Gasteiger partial charge on any atom is 0.304 e. The number of halogens is 1. The Kier molecular flexibility index (Phi) is 8.77. The summed E-state index contributed by atoms with van der Waals surface area (Å²) in [7, 11) is 1.57. The van der Waals surface area contributed by atoms with Crippen LogP contribution in [-0.4, -0.2) is 18.2 Å². The van der Waals surface area contributed by atoms with Gasteiger partial charge < -0.3 is 14.6 Å². The third-order valence-electron chi connectivity index (χ3n) is 5.72. The zero-order valence-electron chi connectivity index (χ0n) is 21.5. The topological polar surface area (TPSA) is 55.8 Å². The quantitative estimate of drug-likeness (QED) is 0.322. The molecule has 3 rings (SSSR count). The molecule has 0 heterocycles. The van der Waals surface area contributed by atoms with E-state index in [2.05, 4.69) is 32.6 Å². The molecule has 0 aromatic heterocycles. The number of hydrogen-bond donors (Lipinski definition) is 1. The second kappa shape index (κ2) is 11.8. The second-order valence-electron chi connectivity index (χ2n) is 9.98. The minimum Gasteiger partial charge on any atom is -0.497 e. The SMILES string of the molecule is CC#CC(CC(=O)O)c1cccc(COc2ccc(-c3cc(OC)ccc3F)c(CC(C)(C)C)c2)c1. The molecule has 1 unspecified atom stereocenters. The predicted molar refractivity (Wildman–Crippen MR) is 141 cm³/mol. The van der Waals surface area contributed by atoms with Crippen molar-refractivity contribution in [2.45, 2.75) is 53.1 Å². The zero-order chi connectivity index (χ0) is 26.3. The molecule has 0 aliphatic heterocycles. The van der Waals surface area contributed by atoms with Crippen LogP contribution < -0.4 is 9.47 Å². The molecule has 0 radical (unpaired) electrons. The molecule has 4 nitrogen and oxygen atoms in total. The Balaban J connectivity index is 1.88. The van der Waals surface area contributed by atoms with E-state index in [1.807, 2.05) is 42.5 Å². The highest BCUT2D eigenvalue weighted by Gasteiger charge is 2.19. The van der Waals surface area contributed by atoms with E-state index in [4.69, 9.17) is 9.47 Å². The van der Waals surface area contributed by atoms with Crippen LogP contribution in [0.3, 0.4) is 0 Å². The van der Waals surface area contributed by atoms with Crippen molar-refractivity contribution in [2.24, 2.45) is 5.41 Å². The van der Waals surface area contributed by atoms with Gasteiger partial charge in [0.15, 0.2) is 0 Å². The van der Waals surface area contributed by atoms with Gasteiger partial charge in [0, 0.05) is 5.56 Å². The summed E-state index contributed by atoms with van der Waals surface area (Å²) in [5, 5.41) is 9.23. The highest BCUT2D eigenvalue weighted by atomic mass is 19.1. The summed E-state index contributed by atoms with van der Waals surface area (Å²) in [6.07, 6.45) is 0.682. The molecule has 188 valence electrons. The number of hydrogen-bond acceptors (Lipinski definition) is 3. The number of benzene rings is 3. The lowest BCUT2D eigenvalue weighted by atomic mass is 9.84. The Bertz CT molecular complexity index is 1280. The third-order valence-corrected chi connectivity index (χ3v) is 5.72. The molecule has 0 saturated heterocycles. The molecular formula is C31H33FO4. The Morgan fingerprint density at radius 3 is 2.44 bits per heavy atom. The summed E-state index contributed by atoms with van der Waals surface area (Å²) < 4.78 is 26.2. The lowest BCUT2D eigenvalue weighted by Gasteiger charge is -2.22. The van der Waals surface area contributed by atoms with Crippen molar-refractivity contribution in [3.05, 3.63) is 83.2 Å². The van der Waals surface area contributed by atoms with E-state index >= 15 is 0 Å². The van der Waals surface area contributed by atoms with Gasteiger partial charge >= 0.3 is 5.97 Å². The van der Waals surface area contributed by atoms with E-state index in [1.54, 1.807) is 26.2 Å². The Morgan fingerprint density at radius 2 is 1.78 bits per heavy atom. The fourth-order valence-electron chi connectivity index (χ4n) is 4.15. The zero-order valence-corrected chi connectivity index (χ0v) is 21.5. The second-order valence-corrected chi connectivity index (χ2v) is 9.98. The van der Waals surface area contributed by atoms with Crippen LogP contribution in [0.15, 0.2) is 60.7 Å². The number of rotatable bonds is 9. The molecule has 3 aromatic carbocycles. The first kappa shape index (κ1) is 26.8. The van der Waals surface area contributed by atoms with Crippen molar-refractivity contribution < 1.29 is 23.8 Å². The lowest BCUT2D eigenvalue weighted by molar-refractivity contribution is -0.137. The molecule has 0 bridgehead atoms. The van der Waals surface area contributed by atoms with E-state index in [9.17, 15) is 14.3 Å². The number of ether oxygens (including phenoxy) is 2. The van der Waals surface area contributed by atoms with Crippen LogP contribution in [0.4, 0.5) is 4.39 Å². The molecule has 36 heavy (non-hydrogen) atoms. The van der Waals surface area contributed by atoms with Gasteiger partial charge in [-0.25, -0.2) is 4.39 Å². The van der Waals surface area contributed by atoms with Crippen molar-refractivity contribution in [2.75, 3.05) is 7.11 Å². The van der Waals surface area contributed by atoms with Gasteiger partial charge in [-0.1, -0.05) is 57.0 Å². The summed E-state index contributed by atoms with van der Waals surface area (Å²) in [6, 6.07) is 18.1. The van der Waals surface area contributed by atoms with Gasteiger partial charge in [-0.2, -0.15) is 0 Å². The van der Waals surface area contributed by atoms with Crippen LogP contribution in [0.1, 0.15) is 56.7 Å². The molecule has 0 spiro atoms. The first-order valence-corrected chi connectivity index (χ1v) is 11.9. The number of methoxy groups -OCH3 is 1. The van der Waals surface area contributed by atoms with E-state index in [0.717, 1.165) is 28.7 Å². The van der Waals surface area contributed by atoms with Crippen molar-refractivity contribution in [3.63, 3.8) is 0 Å². The number of carboxylic acid groups (broad SMARTS) is 1. The standard InChI is InChI=1S/C31H33FO4/c1-6-8-22(17-30(33)34)23-10-7-9-21(15-23)20-36-26-11-13-27(24(16-26)19-31(2,3)4)28-18-25(35-5)12-14-29(28)32/h7,9-16,18,22H,17,19-20H2,1-5H3,(H,33,34). The van der Waals surface area contributed by atoms with E-state index in [0.29, 0.717) is 23.7 Å². The minimum absolute atomic E-state index is 0.0173. The number of carbonyl (C=O) groups is 1. The Hall–Kier alpha value is -3.78. The molecule has 0 aliphatic rings. The maximum atomic E-state index is 14.8. The van der Waals surface area contributed by atoms with Crippen molar-refractivity contribution in [1.29, 1.82) is 0 Å². The Morgan fingerprint density at radius 1 is 1.03 bits per heavy atom. The van der Waals surface area contributed by atoms with Gasteiger partial charge in [0.2, 0.25) is 0 Å². The van der Waals surface area contributed by atoms with Crippen molar-refractivity contribution in [3.8, 4) is 34.5 Å². The van der Waals surface area contributed by atoms with Crippen molar-refractivity contribution in [1.82, 2.24) is 0 Å². The first-order chi connectivity index (χ1) is 17.1. The summed E-state index contributed by atoms with van der Waals surface area (Å²) in [5.74, 6) is 5.53. The van der Waals surface area contributed by atoms with Gasteiger partial charge in [0.1, 0.15) is 23.9 Å². The number of carboxylic acids is 1. The average Bonchev–Trinajstić information content (AvgIpc) is 2.82. The summed E-state index contributed by atoms with van der Waals surface area (Å²) in [4.78, 5) is 11.2. The molecular weight excluding hydrogens is 455 g/mol. The van der Waals surface area contributed by atoms with Crippen LogP contribution in [-0.2, 0) is 17.8 Å². The normalized spacial score (nSPS) is 11.8. The fraction of sp³-hybridized carbons (Fsp3) is 0.323. The largest absolute Gasteiger partial charge is 0.497 e. The lowest BCUT2D eigenvalue weighted by Crippen LogP contribution is -2.10. The van der Waals surface area contributed by atoms with Crippen LogP contribution >= 0.6 is 0 Å². The minimum atomic E-state index is -0.886. The van der Waals surface area contributed by atoms with Gasteiger partial charge in [-0.05, 0) is 71.3 Å². The molecule has 1 atom stereocenters. The molecule has 0 aliphatic carbocycles. The molecule has 3 aromatic rings. The summed E-state index contributed by atoms with van der Waals surface area (Å²) >= 11 is 0. The van der Waals surface area contributed by atoms with Crippen LogP contribution in [0, 0.1) is 23.1 Å². The van der Waals surface area contributed by atoms with Gasteiger partial charge in [-0.3, -0.25) is 4.79 Å². The van der Waals surface area contributed by atoms with E-state index in [-0.39, 0.29) is 23.6 Å². The van der Waals surface area contributed by atoms with Crippen LogP contribution in [0.25, 0.3) is 11.1 Å². The van der Waals surface area contributed by atoms with E-state index in [1.165, 1.54) is 6.07 Å². The fourth-order valence-corrected chi connectivity index (χ4v) is 4.15. The molecule has 0 fully saturated rings. The molecule has 0 saturated carbocycles.